The normalized spacial score (nSPS) is 55.4. The van der Waals surface area contributed by atoms with Crippen LogP contribution in [-0.4, -0.2) is 59.7 Å². The topological polar surface area (TPSA) is 52.9 Å². The molecule has 0 amide bonds. The number of hydrogen-bond acceptors (Lipinski definition) is 4. The molecule has 4 fully saturated rings. The van der Waals surface area contributed by atoms with Crippen molar-refractivity contribution in [2.75, 3.05) is 20.2 Å². The zero-order valence-electron chi connectivity index (χ0n) is 12.3. The molecule has 20 heavy (non-hydrogen) atoms. The molecule has 2 aliphatic heterocycles. The average Bonchev–Trinajstić information content (AvgIpc) is 2.82. The molecule has 2 saturated carbocycles. The van der Waals surface area contributed by atoms with Crippen LogP contribution in [0, 0.1) is 23.7 Å². The first-order valence-electron chi connectivity index (χ1n) is 8.30. The minimum absolute atomic E-state index is 0.0136. The van der Waals surface area contributed by atoms with Crippen LogP contribution in [0.5, 0.6) is 0 Å². The molecule has 8 unspecified atom stereocenters. The van der Waals surface area contributed by atoms with Crippen molar-refractivity contribution in [1.29, 1.82) is 0 Å². The van der Waals surface area contributed by atoms with E-state index >= 15 is 0 Å². The SMILES string of the molecule is COC1CC2CN3CCC4CC(O)CC(C2CC1O)C43. The lowest BCUT2D eigenvalue weighted by molar-refractivity contribution is -0.126. The van der Waals surface area contributed by atoms with Gasteiger partial charge in [-0.1, -0.05) is 0 Å². The fourth-order valence-electron chi connectivity index (χ4n) is 5.91. The van der Waals surface area contributed by atoms with Crippen molar-refractivity contribution in [3.8, 4) is 0 Å². The number of aliphatic hydroxyl groups is 2. The third-order valence-corrected chi connectivity index (χ3v) is 6.65. The lowest BCUT2D eigenvalue weighted by atomic mass is 9.60. The average molecular weight is 281 g/mol. The molecule has 2 saturated heterocycles. The Labute approximate surface area is 121 Å². The van der Waals surface area contributed by atoms with E-state index < -0.39 is 0 Å². The summed E-state index contributed by atoms with van der Waals surface area (Å²) in [6, 6.07) is 0.686. The van der Waals surface area contributed by atoms with Crippen LogP contribution in [-0.2, 0) is 4.74 Å². The number of hydrogen-bond donors (Lipinski definition) is 2. The summed E-state index contributed by atoms with van der Waals surface area (Å²) in [7, 11) is 1.72. The van der Waals surface area contributed by atoms with Gasteiger partial charge in [-0.15, -0.1) is 0 Å². The highest BCUT2D eigenvalue weighted by Gasteiger charge is 2.54. The molecule has 0 bridgehead atoms. The Bertz CT molecular complexity index is 377. The second-order valence-corrected chi connectivity index (χ2v) is 7.56. The molecule has 2 heterocycles. The van der Waals surface area contributed by atoms with E-state index in [1.807, 2.05) is 0 Å². The molecule has 2 N–H and O–H groups in total. The van der Waals surface area contributed by atoms with Gasteiger partial charge in [-0.3, -0.25) is 4.90 Å². The lowest BCUT2D eigenvalue weighted by Crippen LogP contribution is -2.59. The van der Waals surface area contributed by atoms with Gasteiger partial charge in [-0.05, 0) is 62.3 Å². The van der Waals surface area contributed by atoms with Gasteiger partial charge in [0.25, 0.3) is 0 Å². The molecule has 2 aliphatic carbocycles. The van der Waals surface area contributed by atoms with E-state index in [9.17, 15) is 10.2 Å². The first kappa shape index (κ1) is 13.5. The summed E-state index contributed by atoms with van der Waals surface area (Å²) < 4.78 is 5.47. The molecule has 4 heteroatoms. The minimum atomic E-state index is -0.313. The number of nitrogens with zero attached hydrogens (tertiary/aromatic N) is 1. The summed E-state index contributed by atoms with van der Waals surface area (Å²) in [6.07, 6.45) is 4.65. The summed E-state index contributed by atoms with van der Waals surface area (Å²) in [4.78, 5) is 2.69. The van der Waals surface area contributed by atoms with Gasteiger partial charge < -0.3 is 14.9 Å². The van der Waals surface area contributed by atoms with Crippen LogP contribution in [0.25, 0.3) is 0 Å². The third-order valence-electron chi connectivity index (χ3n) is 6.65. The molecule has 0 spiro atoms. The summed E-state index contributed by atoms with van der Waals surface area (Å²) >= 11 is 0. The van der Waals surface area contributed by atoms with E-state index in [0.717, 1.165) is 25.7 Å². The number of fused-ring (bicyclic) bond motifs is 2. The number of piperidine rings is 1. The maximum Gasteiger partial charge on any atom is 0.0833 e. The molecule has 0 aromatic carbocycles. The van der Waals surface area contributed by atoms with Gasteiger partial charge in [0.05, 0.1) is 18.3 Å². The van der Waals surface area contributed by atoms with Gasteiger partial charge in [-0.25, -0.2) is 0 Å². The Morgan fingerprint density at radius 2 is 1.85 bits per heavy atom. The molecule has 0 aromatic heterocycles. The van der Waals surface area contributed by atoms with Gasteiger partial charge in [0.15, 0.2) is 0 Å². The highest BCUT2D eigenvalue weighted by atomic mass is 16.5. The van der Waals surface area contributed by atoms with E-state index in [1.165, 1.54) is 19.5 Å². The summed E-state index contributed by atoms with van der Waals surface area (Å²) in [5.41, 5.74) is 0. The van der Waals surface area contributed by atoms with E-state index in [0.29, 0.717) is 29.7 Å². The predicted octanol–water partition coefficient (Wildman–Crippen LogP) is 0.863. The van der Waals surface area contributed by atoms with E-state index in [2.05, 4.69) is 4.90 Å². The van der Waals surface area contributed by atoms with Gasteiger partial charge in [0.2, 0.25) is 0 Å². The van der Waals surface area contributed by atoms with Crippen LogP contribution in [0.3, 0.4) is 0 Å². The first-order valence-corrected chi connectivity index (χ1v) is 8.30. The molecular formula is C16H27NO3. The summed E-state index contributed by atoms with van der Waals surface area (Å²) in [5, 5.41) is 20.5. The quantitative estimate of drug-likeness (QED) is 0.749. The Morgan fingerprint density at radius 1 is 1.00 bits per heavy atom. The lowest BCUT2D eigenvalue weighted by Gasteiger charge is -2.54. The van der Waals surface area contributed by atoms with Crippen LogP contribution in [0.2, 0.25) is 0 Å². The second-order valence-electron chi connectivity index (χ2n) is 7.56. The predicted molar refractivity (Wildman–Crippen MR) is 75.2 cm³/mol. The molecule has 4 aliphatic rings. The van der Waals surface area contributed by atoms with Crippen LogP contribution < -0.4 is 0 Å². The standard InChI is InChI=1S/C16H27NO3/c1-20-15-5-10-8-17-3-2-9-4-11(18)6-13(16(9)17)12(10)7-14(15)19/h9-16,18-19H,2-8H2,1H3. The number of aliphatic hydroxyl groups excluding tert-OH is 2. The van der Waals surface area contributed by atoms with Crippen LogP contribution in [0.4, 0.5) is 0 Å². The highest BCUT2D eigenvalue weighted by molar-refractivity contribution is 5.06. The van der Waals surface area contributed by atoms with Crippen molar-refractivity contribution in [2.24, 2.45) is 23.7 Å². The van der Waals surface area contributed by atoms with Crippen molar-refractivity contribution in [3.05, 3.63) is 0 Å². The Morgan fingerprint density at radius 3 is 2.65 bits per heavy atom. The molecule has 0 aromatic rings. The van der Waals surface area contributed by atoms with Crippen molar-refractivity contribution in [3.63, 3.8) is 0 Å². The van der Waals surface area contributed by atoms with Crippen LogP contribution >= 0.6 is 0 Å². The van der Waals surface area contributed by atoms with Crippen LogP contribution in [0.1, 0.15) is 32.1 Å². The maximum absolute atomic E-state index is 10.3. The Hall–Kier alpha value is -0.160. The van der Waals surface area contributed by atoms with Gasteiger partial charge in [0, 0.05) is 19.7 Å². The monoisotopic (exact) mass is 281 g/mol. The van der Waals surface area contributed by atoms with Crippen molar-refractivity contribution in [2.45, 2.75) is 56.5 Å². The van der Waals surface area contributed by atoms with Gasteiger partial charge in [-0.2, -0.15) is 0 Å². The smallest absolute Gasteiger partial charge is 0.0833 e. The number of ether oxygens (including phenoxy) is 1. The van der Waals surface area contributed by atoms with Crippen LogP contribution in [0.15, 0.2) is 0 Å². The molecule has 8 atom stereocenters. The second kappa shape index (κ2) is 4.94. The van der Waals surface area contributed by atoms with Crippen molar-refractivity contribution < 1.29 is 14.9 Å². The van der Waals surface area contributed by atoms with Crippen molar-refractivity contribution >= 4 is 0 Å². The first-order chi connectivity index (χ1) is 9.67. The zero-order valence-corrected chi connectivity index (χ0v) is 12.3. The fraction of sp³-hybridized carbons (Fsp3) is 1.00. The summed E-state index contributed by atoms with van der Waals surface area (Å²) in [6.45, 7) is 2.40. The van der Waals surface area contributed by atoms with Gasteiger partial charge >= 0.3 is 0 Å². The maximum atomic E-state index is 10.3. The minimum Gasteiger partial charge on any atom is -0.393 e. The Balaban J connectivity index is 1.60. The third kappa shape index (κ3) is 1.96. The molecule has 114 valence electrons. The van der Waals surface area contributed by atoms with E-state index in [-0.39, 0.29) is 18.3 Å². The van der Waals surface area contributed by atoms with E-state index in [1.54, 1.807) is 7.11 Å². The zero-order chi connectivity index (χ0) is 13.9. The summed E-state index contributed by atoms with van der Waals surface area (Å²) in [5.74, 6) is 2.53. The molecular weight excluding hydrogens is 254 g/mol. The number of methoxy groups -OCH3 is 1. The van der Waals surface area contributed by atoms with E-state index in [4.69, 9.17) is 4.74 Å². The van der Waals surface area contributed by atoms with Crippen molar-refractivity contribution in [1.82, 2.24) is 4.90 Å². The largest absolute Gasteiger partial charge is 0.393 e. The fourth-order valence-corrected chi connectivity index (χ4v) is 5.91. The molecule has 4 nitrogen and oxygen atoms in total. The van der Waals surface area contributed by atoms with Gasteiger partial charge in [0.1, 0.15) is 0 Å². The molecule has 4 rings (SSSR count). The Kier molecular flexibility index (Phi) is 3.33. The molecule has 0 radical (unpaired) electrons. The highest BCUT2D eigenvalue weighted by Crippen LogP contribution is 2.52. The number of rotatable bonds is 1.